The second-order valence-corrected chi connectivity index (χ2v) is 5.31. The lowest BCUT2D eigenvalue weighted by molar-refractivity contribution is -0.137. The molecule has 3 nitrogen and oxygen atoms in total. The van der Waals surface area contributed by atoms with Gasteiger partial charge in [0, 0.05) is 11.8 Å². The predicted octanol–water partition coefficient (Wildman–Crippen LogP) is 2.61. The molecule has 0 radical (unpaired) electrons. The summed E-state index contributed by atoms with van der Waals surface area (Å²) in [4.78, 5) is 0. The van der Waals surface area contributed by atoms with Crippen LogP contribution in [0.1, 0.15) is 11.1 Å². The first-order valence-corrected chi connectivity index (χ1v) is 6.33. The summed E-state index contributed by atoms with van der Waals surface area (Å²) in [6.45, 7) is 0. The summed E-state index contributed by atoms with van der Waals surface area (Å²) in [7, 11) is -3.61. The zero-order valence-electron chi connectivity index (χ0n) is 8.69. The predicted molar refractivity (Wildman–Crippen MR) is 56.9 cm³/mol. The van der Waals surface area contributed by atoms with Crippen molar-refractivity contribution in [2.45, 2.75) is 6.18 Å². The van der Waals surface area contributed by atoms with E-state index in [1.807, 2.05) is 0 Å². The molecule has 0 aliphatic heterocycles. The molecule has 0 aliphatic carbocycles. The fourth-order valence-electron chi connectivity index (χ4n) is 1.13. The topological polar surface area (TPSA) is 54.4 Å². The Hall–Kier alpha value is -1.50. The molecule has 0 spiro atoms. The molecule has 0 aromatic heterocycles. The van der Waals surface area contributed by atoms with E-state index in [9.17, 15) is 26.7 Å². The standard InChI is InChI=1S/C10H9F3O3S/c1-17(15,16)6-9(14)7-3-2-4-8(5-7)10(11,12)13/h2-6,14H,1H3. The molecule has 0 saturated heterocycles. The van der Waals surface area contributed by atoms with E-state index in [4.69, 9.17) is 0 Å². The van der Waals surface area contributed by atoms with Crippen molar-refractivity contribution < 1.29 is 26.7 Å². The van der Waals surface area contributed by atoms with Gasteiger partial charge in [0.25, 0.3) is 0 Å². The third-order valence-corrected chi connectivity index (χ3v) is 2.46. The molecule has 1 aromatic carbocycles. The molecule has 0 heterocycles. The molecule has 0 amide bonds. The number of aliphatic hydroxyl groups excluding tert-OH is 1. The summed E-state index contributed by atoms with van der Waals surface area (Å²) in [6, 6.07) is 3.78. The summed E-state index contributed by atoms with van der Waals surface area (Å²) in [5.74, 6) is -0.724. The van der Waals surface area contributed by atoms with Crippen LogP contribution in [0.3, 0.4) is 0 Å². The molecule has 0 atom stereocenters. The van der Waals surface area contributed by atoms with Crippen LogP contribution in [0.5, 0.6) is 0 Å². The van der Waals surface area contributed by atoms with Crippen LogP contribution in [0.2, 0.25) is 0 Å². The highest BCUT2D eigenvalue weighted by Crippen LogP contribution is 2.30. The Kier molecular flexibility index (Phi) is 3.51. The Labute approximate surface area is 96.1 Å². The van der Waals surface area contributed by atoms with Crippen molar-refractivity contribution in [3.05, 3.63) is 40.8 Å². The Morgan fingerprint density at radius 3 is 2.41 bits per heavy atom. The zero-order chi connectivity index (χ0) is 13.3. The van der Waals surface area contributed by atoms with Crippen LogP contribution in [0, 0.1) is 0 Å². The minimum absolute atomic E-state index is 0.203. The maximum atomic E-state index is 12.3. The first-order valence-electron chi connectivity index (χ1n) is 4.38. The summed E-state index contributed by atoms with van der Waals surface area (Å²) >= 11 is 0. The van der Waals surface area contributed by atoms with Gasteiger partial charge in [0.05, 0.1) is 11.0 Å². The molecular formula is C10H9F3O3S. The summed E-state index contributed by atoms with van der Waals surface area (Å²) in [5, 5.41) is 9.86. The van der Waals surface area contributed by atoms with Gasteiger partial charge in [-0.1, -0.05) is 12.1 Å². The second-order valence-electron chi connectivity index (χ2n) is 3.41. The lowest BCUT2D eigenvalue weighted by atomic mass is 10.1. The second kappa shape index (κ2) is 4.40. The summed E-state index contributed by atoms with van der Waals surface area (Å²) < 4.78 is 58.7. The molecule has 1 aromatic rings. The van der Waals surface area contributed by atoms with Crippen molar-refractivity contribution >= 4 is 15.6 Å². The smallest absolute Gasteiger partial charge is 0.416 e. The molecule has 0 unspecified atom stereocenters. The molecule has 94 valence electrons. The van der Waals surface area contributed by atoms with E-state index in [-0.39, 0.29) is 5.56 Å². The van der Waals surface area contributed by atoms with E-state index < -0.39 is 27.3 Å². The Morgan fingerprint density at radius 2 is 1.94 bits per heavy atom. The van der Waals surface area contributed by atoms with E-state index >= 15 is 0 Å². The van der Waals surface area contributed by atoms with Crippen molar-refractivity contribution in [1.29, 1.82) is 0 Å². The lowest BCUT2D eigenvalue weighted by Gasteiger charge is -2.08. The molecular weight excluding hydrogens is 257 g/mol. The van der Waals surface area contributed by atoms with Gasteiger partial charge in [-0.25, -0.2) is 8.42 Å². The van der Waals surface area contributed by atoms with E-state index in [0.717, 1.165) is 18.4 Å². The highest BCUT2D eigenvalue weighted by atomic mass is 32.2. The van der Waals surface area contributed by atoms with E-state index in [2.05, 4.69) is 0 Å². The van der Waals surface area contributed by atoms with Crippen molar-refractivity contribution in [3.63, 3.8) is 0 Å². The highest BCUT2D eigenvalue weighted by molar-refractivity contribution is 7.93. The highest BCUT2D eigenvalue weighted by Gasteiger charge is 2.30. The SMILES string of the molecule is CS(=O)(=O)C=C(O)c1cccc(C(F)(F)F)c1. The van der Waals surface area contributed by atoms with Gasteiger partial charge in [0.15, 0.2) is 9.84 Å². The third-order valence-electron chi connectivity index (χ3n) is 1.81. The van der Waals surface area contributed by atoms with Crippen LogP contribution in [-0.4, -0.2) is 19.8 Å². The van der Waals surface area contributed by atoms with Crippen molar-refractivity contribution in [3.8, 4) is 0 Å². The van der Waals surface area contributed by atoms with Gasteiger partial charge >= 0.3 is 6.18 Å². The maximum Gasteiger partial charge on any atom is 0.416 e. The Morgan fingerprint density at radius 1 is 1.35 bits per heavy atom. The monoisotopic (exact) mass is 266 g/mol. The summed E-state index contributed by atoms with van der Waals surface area (Å²) in [6.07, 6.45) is -3.71. The zero-order valence-corrected chi connectivity index (χ0v) is 9.51. The summed E-state index contributed by atoms with van der Waals surface area (Å²) in [5.41, 5.74) is -1.16. The average Bonchev–Trinajstić information content (AvgIpc) is 2.14. The fourth-order valence-corrected chi connectivity index (χ4v) is 1.67. The van der Waals surface area contributed by atoms with Gasteiger partial charge in [0.2, 0.25) is 0 Å². The molecule has 0 saturated carbocycles. The first-order chi connectivity index (χ1) is 7.59. The number of benzene rings is 1. The lowest BCUT2D eigenvalue weighted by Crippen LogP contribution is -2.05. The van der Waals surface area contributed by atoms with Crippen LogP contribution in [0.15, 0.2) is 29.7 Å². The van der Waals surface area contributed by atoms with Gasteiger partial charge in [-0.05, 0) is 12.1 Å². The number of hydrogen-bond acceptors (Lipinski definition) is 3. The van der Waals surface area contributed by atoms with Gasteiger partial charge < -0.3 is 5.11 Å². The number of alkyl halides is 3. The van der Waals surface area contributed by atoms with E-state index in [1.165, 1.54) is 6.07 Å². The number of rotatable bonds is 2. The van der Waals surface area contributed by atoms with Crippen molar-refractivity contribution in [2.75, 3.05) is 6.26 Å². The quantitative estimate of drug-likeness (QED) is 0.837. The fraction of sp³-hybridized carbons (Fsp3) is 0.200. The Bertz CT molecular complexity index is 544. The van der Waals surface area contributed by atoms with E-state index in [0.29, 0.717) is 11.5 Å². The van der Waals surface area contributed by atoms with Crippen LogP contribution in [0.4, 0.5) is 13.2 Å². The van der Waals surface area contributed by atoms with Crippen LogP contribution in [-0.2, 0) is 16.0 Å². The molecule has 1 N–H and O–H groups in total. The minimum Gasteiger partial charge on any atom is -0.507 e. The van der Waals surface area contributed by atoms with Crippen molar-refractivity contribution in [1.82, 2.24) is 0 Å². The van der Waals surface area contributed by atoms with Gasteiger partial charge in [-0.3, -0.25) is 0 Å². The molecule has 0 fully saturated rings. The number of aliphatic hydroxyl groups is 1. The van der Waals surface area contributed by atoms with E-state index in [1.54, 1.807) is 0 Å². The van der Waals surface area contributed by atoms with Crippen LogP contribution >= 0.6 is 0 Å². The normalized spacial score (nSPS) is 13.8. The first kappa shape index (κ1) is 13.6. The molecule has 1 rings (SSSR count). The Balaban J connectivity index is 3.22. The van der Waals surface area contributed by atoms with Crippen LogP contribution in [0.25, 0.3) is 5.76 Å². The number of halogens is 3. The molecule has 7 heteroatoms. The maximum absolute atomic E-state index is 12.3. The van der Waals surface area contributed by atoms with Gasteiger partial charge in [-0.2, -0.15) is 13.2 Å². The number of sulfone groups is 1. The van der Waals surface area contributed by atoms with Gasteiger partial charge in [0.1, 0.15) is 5.76 Å². The van der Waals surface area contributed by atoms with Crippen LogP contribution < -0.4 is 0 Å². The third kappa shape index (κ3) is 4.10. The van der Waals surface area contributed by atoms with Gasteiger partial charge in [-0.15, -0.1) is 0 Å². The van der Waals surface area contributed by atoms with Crippen molar-refractivity contribution in [2.24, 2.45) is 0 Å². The average molecular weight is 266 g/mol. The largest absolute Gasteiger partial charge is 0.507 e. The molecule has 0 bridgehead atoms. The number of hydrogen-bond donors (Lipinski definition) is 1. The minimum atomic E-state index is -4.54. The molecule has 17 heavy (non-hydrogen) atoms. The molecule has 0 aliphatic rings.